The van der Waals surface area contributed by atoms with Crippen molar-refractivity contribution in [3.05, 3.63) is 159 Å². The summed E-state index contributed by atoms with van der Waals surface area (Å²) in [5, 5.41) is 86.7. The predicted octanol–water partition coefficient (Wildman–Crippen LogP) is 7.76. The predicted molar refractivity (Wildman–Crippen MR) is 186 cm³/mol. The van der Waals surface area contributed by atoms with E-state index in [1.165, 1.54) is 12.1 Å². The maximum Gasteiger partial charge on any atom is 0.135 e. The molecule has 0 radical (unpaired) electrons. The molecular weight excluding hydrogens is 648 g/mol. The molecule has 9 heteroatoms. The Labute approximate surface area is 291 Å². The fourth-order valence-electron chi connectivity index (χ4n) is 9.08. The Morgan fingerprint density at radius 3 is 1.49 bits per heavy atom. The van der Waals surface area contributed by atoms with Crippen LogP contribution in [0, 0.1) is 0 Å². The van der Waals surface area contributed by atoms with Crippen LogP contribution < -0.4 is 4.74 Å². The van der Waals surface area contributed by atoms with Gasteiger partial charge in [-0.2, -0.15) is 0 Å². The van der Waals surface area contributed by atoms with Gasteiger partial charge >= 0.3 is 0 Å². The van der Waals surface area contributed by atoms with E-state index in [1.807, 2.05) is 12.1 Å². The molecule has 0 fully saturated rings. The molecule has 6 atom stereocenters. The molecule has 0 amide bonds. The Hall–Kier alpha value is -6.48. The van der Waals surface area contributed by atoms with E-state index in [0.29, 0.717) is 33.6 Å². The molecule has 0 spiro atoms. The van der Waals surface area contributed by atoms with E-state index >= 15 is 0 Å². The summed E-state index contributed by atoms with van der Waals surface area (Å²) in [7, 11) is 0. The zero-order valence-electron chi connectivity index (χ0n) is 26.8. The fraction of sp³-hybridized carbons (Fsp3) is 0.143. The Bertz CT molecular complexity index is 2330. The molecule has 6 aromatic rings. The minimum absolute atomic E-state index is 0.0379. The van der Waals surface area contributed by atoms with Crippen LogP contribution in [0.1, 0.15) is 85.8 Å². The molecule has 8 N–H and O–H groups in total. The molecule has 1 heterocycles. The van der Waals surface area contributed by atoms with Crippen LogP contribution in [0.25, 0.3) is 0 Å². The van der Waals surface area contributed by atoms with Gasteiger partial charge in [-0.25, -0.2) is 0 Å². The van der Waals surface area contributed by atoms with E-state index in [1.54, 1.807) is 84.9 Å². The third-order valence-electron chi connectivity index (χ3n) is 10.9. The number of hydrogen-bond donors (Lipinski definition) is 8. The molecule has 3 aliphatic rings. The fourth-order valence-corrected chi connectivity index (χ4v) is 9.08. The molecule has 9 rings (SSSR count). The maximum absolute atomic E-state index is 12.1. The molecule has 0 saturated carbocycles. The van der Waals surface area contributed by atoms with E-state index in [2.05, 4.69) is 0 Å². The van der Waals surface area contributed by atoms with Crippen molar-refractivity contribution in [1.82, 2.24) is 0 Å². The summed E-state index contributed by atoms with van der Waals surface area (Å²) in [5.41, 5.74) is 6.16. The molecule has 2 bridgehead atoms. The van der Waals surface area contributed by atoms with Gasteiger partial charge in [0.2, 0.25) is 0 Å². The lowest BCUT2D eigenvalue weighted by Gasteiger charge is -2.40. The molecule has 0 saturated heterocycles. The Morgan fingerprint density at radius 2 is 0.882 bits per heavy atom. The Morgan fingerprint density at radius 1 is 0.353 bits per heavy atom. The molecule has 0 aromatic heterocycles. The van der Waals surface area contributed by atoms with Crippen LogP contribution in [0.3, 0.4) is 0 Å². The van der Waals surface area contributed by atoms with E-state index in [4.69, 9.17) is 4.74 Å². The number of phenolic OH excluding ortho intramolecular Hbond substituents is 8. The lowest BCUT2D eigenvalue weighted by atomic mass is 9.62. The summed E-state index contributed by atoms with van der Waals surface area (Å²) in [6, 6.07) is 29.2. The Balaban J connectivity index is 1.39. The van der Waals surface area contributed by atoms with E-state index < -0.39 is 29.8 Å². The van der Waals surface area contributed by atoms with Gasteiger partial charge in [0.05, 0.1) is 5.92 Å². The van der Waals surface area contributed by atoms with Crippen LogP contribution in [0.15, 0.2) is 109 Å². The van der Waals surface area contributed by atoms with Crippen molar-refractivity contribution < 1.29 is 45.6 Å². The van der Waals surface area contributed by atoms with Crippen molar-refractivity contribution >= 4 is 0 Å². The average molecular weight is 681 g/mol. The first-order chi connectivity index (χ1) is 24.6. The second-order valence-corrected chi connectivity index (χ2v) is 13.7. The van der Waals surface area contributed by atoms with E-state index in [9.17, 15) is 40.9 Å². The summed E-state index contributed by atoms with van der Waals surface area (Å²) in [4.78, 5) is 0. The molecule has 9 nitrogen and oxygen atoms in total. The van der Waals surface area contributed by atoms with Crippen LogP contribution in [0.2, 0.25) is 0 Å². The van der Waals surface area contributed by atoms with Gasteiger partial charge < -0.3 is 45.6 Å². The molecule has 6 aromatic carbocycles. The van der Waals surface area contributed by atoms with Crippen molar-refractivity contribution in [3.63, 3.8) is 0 Å². The molecular formula is C42H32O9. The summed E-state index contributed by atoms with van der Waals surface area (Å²) >= 11 is 0. The third kappa shape index (κ3) is 4.61. The van der Waals surface area contributed by atoms with Gasteiger partial charge in [0.1, 0.15) is 57.8 Å². The topological polar surface area (TPSA) is 171 Å². The van der Waals surface area contributed by atoms with Gasteiger partial charge in [-0.15, -0.1) is 0 Å². The summed E-state index contributed by atoms with van der Waals surface area (Å²) in [6.07, 6.45) is -0.702. The second-order valence-electron chi connectivity index (χ2n) is 13.7. The lowest BCUT2D eigenvalue weighted by molar-refractivity contribution is 0.221. The highest BCUT2D eigenvalue weighted by Crippen LogP contribution is 2.71. The number of benzene rings is 6. The van der Waals surface area contributed by atoms with Crippen molar-refractivity contribution in [1.29, 1.82) is 0 Å². The second kappa shape index (κ2) is 11.0. The molecule has 1 aliphatic heterocycles. The number of aromatic hydroxyl groups is 8. The highest BCUT2D eigenvalue weighted by Gasteiger charge is 2.57. The largest absolute Gasteiger partial charge is 0.508 e. The zero-order chi connectivity index (χ0) is 35.3. The van der Waals surface area contributed by atoms with Gasteiger partial charge in [-0.05, 0) is 88.0 Å². The minimum Gasteiger partial charge on any atom is -0.508 e. The average Bonchev–Trinajstić information content (AvgIpc) is 3.60. The number of phenols is 8. The summed E-state index contributed by atoms with van der Waals surface area (Å²) in [5.74, 6) is -2.56. The molecule has 51 heavy (non-hydrogen) atoms. The third-order valence-corrected chi connectivity index (χ3v) is 10.9. The SMILES string of the molecule is Oc1ccc(C2C3c4cc(O)cc(O)c4[C@@H](c4ccc(O)cc4)C2c2c3c(O)cc3c2[C@@H](c2cc(O)cc(O)c2)[C@H](c2ccc(O)cc2)O3)cc1. The van der Waals surface area contributed by atoms with Crippen molar-refractivity contribution in [3.8, 4) is 51.7 Å². The standard InChI is InChI=1S/C42H32O9/c43-23-7-1-19(2-8-23)33-36-29(16-28(48)17-30(36)49)37-34(20-3-9-24(44)10-4-20)40(33)41-38(37)31(50)18-32-39(41)35(22-13-26(46)15-27(47)14-22)42(51-32)21-5-11-25(45)12-6-21/h1-18,33-35,37,40,42-50H/t33-,34?,35-,37?,40?,42+/m1/s1. The van der Waals surface area contributed by atoms with Gasteiger partial charge in [0, 0.05) is 58.6 Å². The van der Waals surface area contributed by atoms with Crippen molar-refractivity contribution in [2.75, 3.05) is 0 Å². The van der Waals surface area contributed by atoms with Crippen LogP contribution in [-0.4, -0.2) is 40.9 Å². The smallest absolute Gasteiger partial charge is 0.135 e. The Kier molecular flexibility index (Phi) is 6.60. The van der Waals surface area contributed by atoms with Crippen LogP contribution >= 0.6 is 0 Å². The normalized spacial score (nSPS) is 22.5. The van der Waals surface area contributed by atoms with Gasteiger partial charge in [0.15, 0.2) is 0 Å². The maximum atomic E-state index is 12.1. The lowest BCUT2D eigenvalue weighted by Crippen LogP contribution is -2.26. The van der Waals surface area contributed by atoms with Crippen LogP contribution in [0.5, 0.6) is 51.7 Å². The minimum atomic E-state index is -0.702. The highest BCUT2D eigenvalue weighted by atomic mass is 16.5. The van der Waals surface area contributed by atoms with Crippen LogP contribution in [-0.2, 0) is 0 Å². The van der Waals surface area contributed by atoms with Gasteiger partial charge in [-0.3, -0.25) is 0 Å². The number of rotatable bonds is 4. The molecule has 254 valence electrons. The van der Waals surface area contributed by atoms with Crippen LogP contribution in [0.4, 0.5) is 0 Å². The van der Waals surface area contributed by atoms with Gasteiger partial charge in [0.25, 0.3) is 0 Å². The zero-order valence-corrected chi connectivity index (χ0v) is 26.8. The first kappa shape index (κ1) is 30.6. The number of fused-ring (bicyclic) bond motifs is 9. The first-order valence-electron chi connectivity index (χ1n) is 16.6. The van der Waals surface area contributed by atoms with Gasteiger partial charge in [-0.1, -0.05) is 36.4 Å². The van der Waals surface area contributed by atoms with Crippen molar-refractivity contribution in [2.45, 2.75) is 35.7 Å². The number of hydrogen-bond acceptors (Lipinski definition) is 9. The monoisotopic (exact) mass is 680 g/mol. The van der Waals surface area contributed by atoms with E-state index in [-0.39, 0.29) is 51.9 Å². The molecule has 3 unspecified atom stereocenters. The number of ether oxygens (including phenoxy) is 1. The molecule has 2 aliphatic carbocycles. The van der Waals surface area contributed by atoms with E-state index in [0.717, 1.165) is 22.3 Å². The first-order valence-corrected chi connectivity index (χ1v) is 16.6. The van der Waals surface area contributed by atoms with Crippen molar-refractivity contribution in [2.24, 2.45) is 0 Å². The summed E-state index contributed by atoms with van der Waals surface area (Å²) in [6.45, 7) is 0. The highest BCUT2D eigenvalue weighted by molar-refractivity contribution is 5.73. The summed E-state index contributed by atoms with van der Waals surface area (Å²) < 4.78 is 6.71. The quantitative estimate of drug-likeness (QED) is 0.0927.